The van der Waals surface area contributed by atoms with Crippen molar-refractivity contribution in [3.63, 3.8) is 0 Å². The smallest absolute Gasteiger partial charge is 0.410 e. The van der Waals surface area contributed by atoms with Gasteiger partial charge in [0.1, 0.15) is 11.6 Å². The van der Waals surface area contributed by atoms with Crippen molar-refractivity contribution in [1.82, 2.24) is 14.4 Å². The van der Waals surface area contributed by atoms with Crippen molar-refractivity contribution in [1.29, 1.82) is 0 Å². The van der Waals surface area contributed by atoms with Gasteiger partial charge in [-0.2, -0.15) is 0 Å². The number of esters is 1. The molecule has 3 aromatic rings. The first-order valence-corrected chi connectivity index (χ1v) is 12.9. The lowest BCUT2D eigenvalue weighted by Gasteiger charge is -2.40. The molecule has 0 spiro atoms. The molecule has 1 aromatic heterocycles. The number of benzene rings is 2. The summed E-state index contributed by atoms with van der Waals surface area (Å²) in [4.78, 5) is 43.0. The van der Waals surface area contributed by atoms with Crippen molar-refractivity contribution in [2.75, 3.05) is 26.2 Å². The molecule has 0 N–H and O–H groups in total. The molecular formula is C30H35N3O5. The van der Waals surface area contributed by atoms with Crippen LogP contribution in [0.3, 0.4) is 0 Å². The van der Waals surface area contributed by atoms with E-state index in [1.807, 2.05) is 73.7 Å². The molecule has 1 aliphatic heterocycles. The van der Waals surface area contributed by atoms with E-state index in [2.05, 4.69) is 4.57 Å². The fourth-order valence-electron chi connectivity index (χ4n) is 4.71. The van der Waals surface area contributed by atoms with E-state index in [9.17, 15) is 14.4 Å². The Morgan fingerprint density at radius 2 is 1.58 bits per heavy atom. The van der Waals surface area contributed by atoms with Crippen LogP contribution in [0, 0.1) is 6.92 Å². The highest BCUT2D eigenvalue weighted by Crippen LogP contribution is 2.32. The maximum atomic E-state index is 14.2. The molecule has 1 fully saturated rings. The topological polar surface area (TPSA) is 81.1 Å². The third-order valence-corrected chi connectivity index (χ3v) is 6.33. The van der Waals surface area contributed by atoms with Gasteiger partial charge in [0.25, 0.3) is 5.91 Å². The summed E-state index contributed by atoms with van der Waals surface area (Å²) in [5.41, 5.74) is 3.26. The van der Waals surface area contributed by atoms with Crippen molar-refractivity contribution in [3.8, 4) is 16.9 Å². The highest BCUT2D eigenvalue weighted by molar-refractivity contribution is 6.03. The lowest BCUT2D eigenvalue weighted by molar-refractivity contribution is -0.150. The number of aryl methyl sites for hydroxylation is 1. The van der Waals surface area contributed by atoms with Crippen LogP contribution in [0.1, 0.15) is 43.7 Å². The normalized spacial score (nSPS) is 15.8. The number of hydrogen-bond acceptors (Lipinski definition) is 5. The quantitative estimate of drug-likeness (QED) is 0.441. The number of carbonyl (C=O) groups excluding carboxylic acids is 3. The fraction of sp³-hybridized carbons (Fsp3) is 0.367. The van der Waals surface area contributed by atoms with Gasteiger partial charge < -0.3 is 23.8 Å². The largest absolute Gasteiger partial charge is 0.464 e. The van der Waals surface area contributed by atoms with E-state index in [4.69, 9.17) is 9.47 Å². The lowest BCUT2D eigenvalue weighted by atomic mass is 10.0. The minimum Gasteiger partial charge on any atom is -0.464 e. The van der Waals surface area contributed by atoms with Crippen molar-refractivity contribution in [2.24, 2.45) is 0 Å². The highest BCUT2D eigenvalue weighted by atomic mass is 16.6. The second-order valence-electron chi connectivity index (χ2n) is 10.3. The number of ether oxygens (including phenoxy) is 2. The van der Waals surface area contributed by atoms with Gasteiger partial charge >= 0.3 is 12.1 Å². The van der Waals surface area contributed by atoms with Crippen LogP contribution >= 0.6 is 0 Å². The minimum absolute atomic E-state index is 0.00146. The molecule has 1 saturated heterocycles. The third-order valence-electron chi connectivity index (χ3n) is 6.33. The maximum absolute atomic E-state index is 14.2. The van der Waals surface area contributed by atoms with Crippen molar-refractivity contribution >= 4 is 18.0 Å². The van der Waals surface area contributed by atoms with Crippen LogP contribution in [0.5, 0.6) is 0 Å². The number of para-hydroxylation sites is 1. The van der Waals surface area contributed by atoms with E-state index in [-0.39, 0.29) is 32.1 Å². The number of carbonyl (C=O) groups is 3. The van der Waals surface area contributed by atoms with Crippen LogP contribution in [0.15, 0.2) is 66.7 Å². The molecule has 2 amide bonds. The number of aromatic nitrogens is 1. The van der Waals surface area contributed by atoms with Crippen LogP contribution in [0.4, 0.5) is 4.79 Å². The summed E-state index contributed by atoms with van der Waals surface area (Å²) in [5.74, 6) is -0.835. The average Bonchev–Trinajstić information content (AvgIpc) is 3.25. The van der Waals surface area contributed by atoms with E-state index in [0.717, 1.165) is 22.6 Å². The zero-order valence-corrected chi connectivity index (χ0v) is 22.6. The Morgan fingerprint density at radius 3 is 2.18 bits per heavy atom. The fourth-order valence-corrected chi connectivity index (χ4v) is 4.71. The summed E-state index contributed by atoms with van der Waals surface area (Å²) in [6, 6.07) is 20.5. The molecule has 1 unspecified atom stereocenters. The zero-order valence-electron chi connectivity index (χ0n) is 22.6. The van der Waals surface area contributed by atoms with Gasteiger partial charge in [0.05, 0.1) is 24.4 Å². The van der Waals surface area contributed by atoms with E-state index in [0.29, 0.717) is 5.56 Å². The molecule has 2 heterocycles. The second-order valence-corrected chi connectivity index (χ2v) is 10.3. The average molecular weight is 518 g/mol. The molecule has 8 heteroatoms. The Labute approximate surface area is 223 Å². The number of rotatable bonds is 5. The van der Waals surface area contributed by atoms with Crippen LogP contribution in [-0.2, 0) is 14.3 Å². The predicted molar refractivity (Wildman–Crippen MR) is 145 cm³/mol. The summed E-state index contributed by atoms with van der Waals surface area (Å²) in [6.07, 6.45) is -0.519. The number of piperazine rings is 1. The van der Waals surface area contributed by atoms with Gasteiger partial charge in [-0.05, 0) is 58.4 Å². The van der Waals surface area contributed by atoms with Crippen LogP contribution in [0.2, 0.25) is 0 Å². The molecule has 8 nitrogen and oxygen atoms in total. The van der Waals surface area contributed by atoms with Gasteiger partial charge in [0, 0.05) is 24.5 Å². The van der Waals surface area contributed by atoms with E-state index in [1.54, 1.807) is 27.7 Å². The van der Waals surface area contributed by atoms with Gasteiger partial charge in [-0.25, -0.2) is 9.59 Å². The monoisotopic (exact) mass is 517 g/mol. The van der Waals surface area contributed by atoms with E-state index in [1.165, 1.54) is 9.80 Å². The zero-order chi connectivity index (χ0) is 27.4. The predicted octanol–water partition coefficient (Wildman–Crippen LogP) is 5.08. The van der Waals surface area contributed by atoms with Crippen LogP contribution in [-0.4, -0.2) is 70.2 Å². The first-order chi connectivity index (χ1) is 18.1. The standard InChI is InChI=1S/C30H35N3O5/c1-6-37-28(35)25-20-31(29(36)38-30(3,4)5)17-18-32(25)27(34)24-19-21(2)33(23-15-11-8-12-16-23)26(24)22-13-9-7-10-14-22/h7-16,19,25H,6,17-18,20H2,1-5H3. The SMILES string of the molecule is CCOC(=O)C1CN(C(=O)OC(C)(C)C)CCN1C(=O)c1cc(C)n(-c2ccccc2)c1-c1ccccc1. The van der Waals surface area contributed by atoms with Crippen molar-refractivity contribution < 1.29 is 23.9 Å². The molecule has 1 aliphatic rings. The summed E-state index contributed by atoms with van der Waals surface area (Å²) in [5, 5.41) is 0. The van der Waals surface area contributed by atoms with Gasteiger partial charge in [0.2, 0.25) is 0 Å². The first kappa shape index (κ1) is 27.0. The van der Waals surface area contributed by atoms with Gasteiger partial charge in [0.15, 0.2) is 0 Å². The molecule has 0 radical (unpaired) electrons. The van der Waals surface area contributed by atoms with E-state index >= 15 is 0 Å². The molecular weight excluding hydrogens is 482 g/mol. The van der Waals surface area contributed by atoms with E-state index < -0.39 is 23.7 Å². The third kappa shape index (κ3) is 5.74. The minimum atomic E-state index is -0.951. The molecule has 0 bridgehead atoms. The highest BCUT2D eigenvalue weighted by Gasteiger charge is 2.40. The number of amides is 2. The van der Waals surface area contributed by atoms with Crippen molar-refractivity contribution in [3.05, 3.63) is 78.0 Å². The number of nitrogens with zero attached hydrogens (tertiary/aromatic N) is 3. The van der Waals surface area contributed by atoms with Gasteiger partial charge in [-0.3, -0.25) is 4.79 Å². The summed E-state index contributed by atoms with van der Waals surface area (Å²) < 4.78 is 12.9. The Bertz CT molecular complexity index is 1290. The van der Waals surface area contributed by atoms with Crippen LogP contribution < -0.4 is 0 Å². The van der Waals surface area contributed by atoms with Gasteiger partial charge in [-0.1, -0.05) is 48.5 Å². The second kappa shape index (κ2) is 11.1. The number of hydrogen-bond donors (Lipinski definition) is 0. The maximum Gasteiger partial charge on any atom is 0.410 e. The molecule has 38 heavy (non-hydrogen) atoms. The molecule has 2 aromatic carbocycles. The van der Waals surface area contributed by atoms with Crippen LogP contribution in [0.25, 0.3) is 16.9 Å². The Hall–Kier alpha value is -4.07. The Kier molecular flexibility index (Phi) is 7.90. The van der Waals surface area contributed by atoms with Gasteiger partial charge in [-0.15, -0.1) is 0 Å². The molecule has 200 valence electrons. The molecule has 4 rings (SSSR count). The summed E-state index contributed by atoms with van der Waals surface area (Å²) in [7, 11) is 0. The Balaban J connectivity index is 1.74. The lowest BCUT2D eigenvalue weighted by Crippen LogP contribution is -2.60. The summed E-state index contributed by atoms with van der Waals surface area (Å²) >= 11 is 0. The molecule has 0 saturated carbocycles. The Morgan fingerprint density at radius 1 is 0.947 bits per heavy atom. The first-order valence-electron chi connectivity index (χ1n) is 12.9. The van der Waals surface area contributed by atoms with Crippen molar-refractivity contribution in [2.45, 2.75) is 46.3 Å². The molecule has 1 atom stereocenters. The molecule has 0 aliphatic carbocycles. The summed E-state index contributed by atoms with van der Waals surface area (Å²) in [6.45, 7) is 9.63.